The lowest BCUT2D eigenvalue weighted by Gasteiger charge is -2.08. The van der Waals surface area contributed by atoms with Gasteiger partial charge in [0.25, 0.3) is 0 Å². The average molecular weight is 197 g/mol. The summed E-state index contributed by atoms with van der Waals surface area (Å²) in [5, 5.41) is 0.437. The van der Waals surface area contributed by atoms with E-state index in [1.165, 1.54) is 6.07 Å². The number of benzene rings is 1. The van der Waals surface area contributed by atoms with Gasteiger partial charge in [0.2, 0.25) is 0 Å². The number of hydrogen-bond acceptors (Lipinski definition) is 0. The summed E-state index contributed by atoms with van der Waals surface area (Å²) in [6, 6.07) is 2.90. The van der Waals surface area contributed by atoms with E-state index in [4.69, 9.17) is 18.0 Å². The Morgan fingerprint density at radius 1 is 1.46 bits per heavy atom. The second kappa shape index (κ2) is 3.81. The minimum atomic E-state index is -0.433. The monoisotopic (exact) mass is 196 g/mol. The summed E-state index contributed by atoms with van der Waals surface area (Å²) in [5.74, 6) is 2.10. The second-order valence-corrected chi connectivity index (χ2v) is 3.56. The maximum Gasteiger partial charge on any atom is 0.140 e. The molecule has 1 aromatic rings. The predicted octanol–water partition coefficient (Wildman–Crippen LogP) is 3.58. The molecule has 0 aliphatic heterocycles. The molecule has 0 unspecified atom stereocenters. The van der Waals surface area contributed by atoms with Gasteiger partial charge in [-0.3, -0.25) is 0 Å². The molecule has 0 N–H and O–H groups in total. The lowest BCUT2D eigenvalue weighted by molar-refractivity contribution is 0.623. The van der Waals surface area contributed by atoms with Gasteiger partial charge in [-0.15, -0.1) is 6.42 Å². The second-order valence-electron chi connectivity index (χ2n) is 3.15. The number of halogens is 2. The molecular formula is C11H10ClF. The highest BCUT2D eigenvalue weighted by Gasteiger charge is 2.09. The first kappa shape index (κ1) is 10.1. The van der Waals surface area contributed by atoms with Crippen LogP contribution in [0.25, 0.3) is 0 Å². The average Bonchev–Trinajstić information content (AvgIpc) is 2.03. The summed E-state index contributed by atoms with van der Waals surface area (Å²) in [6.45, 7) is 3.97. The highest BCUT2D eigenvalue weighted by molar-refractivity contribution is 6.31. The third-order valence-corrected chi connectivity index (χ3v) is 2.19. The highest BCUT2D eigenvalue weighted by atomic mass is 35.5. The van der Waals surface area contributed by atoms with Crippen LogP contribution in [-0.2, 0) is 0 Å². The van der Waals surface area contributed by atoms with Crippen molar-refractivity contribution in [2.75, 3.05) is 0 Å². The fourth-order valence-electron chi connectivity index (χ4n) is 1.12. The van der Waals surface area contributed by atoms with Crippen LogP contribution in [0.1, 0.15) is 30.9 Å². The number of terminal acetylenes is 1. The molecule has 0 spiro atoms. The van der Waals surface area contributed by atoms with E-state index in [0.29, 0.717) is 5.02 Å². The van der Waals surface area contributed by atoms with Crippen LogP contribution >= 0.6 is 11.6 Å². The SMILES string of the molecule is C#Cc1cc(C(C)C)c(Cl)cc1F. The molecule has 0 aliphatic rings. The molecule has 1 rings (SSSR count). The van der Waals surface area contributed by atoms with Crippen LogP contribution in [0.4, 0.5) is 4.39 Å². The lowest BCUT2D eigenvalue weighted by atomic mass is 10.0. The molecule has 2 heteroatoms. The van der Waals surface area contributed by atoms with Gasteiger partial charge in [-0.25, -0.2) is 4.39 Å². The van der Waals surface area contributed by atoms with Gasteiger partial charge < -0.3 is 0 Å². The zero-order valence-electron chi connectivity index (χ0n) is 7.57. The zero-order valence-corrected chi connectivity index (χ0v) is 8.32. The maximum absolute atomic E-state index is 13.1. The molecule has 0 aliphatic carbocycles. The summed E-state index contributed by atoms with van der Waals surface area (Å²) in [5.41, 5.74) is 1.16. The molecule has 0 aromatic heterocycles. The first-order chi connectivity index (χ1) is 6.06. The molecule has 1 aromatic carbocycles. The van der Waals surface area contributed by atoms with E-state index in [9.17, 15) is 4.39 Å². The topological polar surface area (TPSA) is 0 Å². The Morgan fingerprint density at radius 2 is 2.08 bits per heavy atom. The normalized spacial score (nSPS) is 10.2. The summed E-state index contributed by atoms with van der Waals surface area (Å²) in [6.07, 6.45) is 5.14. The Balaban J connectivity index is 3.33. The minimum Gasteiger partial charge on any atom is -0.206 e. The summed E-state index contributed by atoms with van der Waals surface area (Å²) < 4.78 is 13.1. The Kier molecular flexibility index (Phi) is 2.95. The predicted molar refractivity (Wildman–Crippen MR) is 53.4 cm³/mol. The standard InChI is InChI=1S/C11H10ClF/c1-4-8-5-9(7(2)3)10(12)6-11(8)13/h1,5-7H,2-3H3. The van der Waals surface area contributed by atoms with Gasteiger partial charge >= 0.3 is 0 Å². The summed E-state index contributed by atoms with van der Waals surface area (Å²) in [4.78, 5) is 0. The quantitative estimate of drug-likeness (QED) is 0.603. The van der Waals surface area contributed by atoms with E-state index in [1.807, 2.05) is 13.8 Å². The molecule has 0 saturated carbocycles. The molecule has 0 amide bonds. The van der Waals surface area contributed by atoms with Gasteiger partial charge in [0.15, 0.2) is 0 Å². The summed E-state index contributed by atoms with van der Waals surface area (Å²) in [7, 11) is 0. The maximum atomic E-state index is 13.1. The van der Waals surface area contributed by atoms with Crippen LogP contribution in [0.2, 0.25) is 5.02 Å². The molecule has 0 fully saturated rings. The fraction of sp³-hybridized carbons (Fsp3) is 0.273. The van der Waals surface area contributed by atoms with Crippen molar-refractivity contribution < 1.29 is 4.39 Å². The molecule has 0 atom stereocenters. The molecule has 0 saturated heterocycles. The largest absolute Gasteiger partial charge is 0.206 e. The number of rotatable bonds is 1. The van der Waals surface area contributed by atoms with E-state index in [0.717, 1.165) is 5.56 Å². The highest BCUT2D eigenvalue weighted by Crippen LogP contribution is 2.26. The molecule has 0 radical (unpaired) electrons. The first-order valence-electron chi connectivity index (χ1n) is 4.01. The Morgan fingerprint density at radius 3 is 2.54 bits per heavy atom. The third-order valence-electron chi connectivity index (χ3n) is 1.86. The van der Waals surface area contributed by atoms with Crippen LogP contribution in [-0.4, -0.2) is 0 Å². The molecule has 68 valence electrons. The van der Waals surface area contributed by atoms with Crippen molar-refractivity contribution in [3.05, 3.63) is 34.1 Å². The van der Waals surface area contributed by atoms with Crippen molar-refractivity contribution >= 4 is 11.6 Å². The Hall–Kier alpha value is -1.00. The van der Waals surface area contributed by atoms with Crippen molar-refractivity contribution in [3.63, 3.8) is 0 Å². The molecule has 13 heavy (non-hydrogen) atoms. The fourth-order valence-corrected chi connectivity index (χ4v) is 1.49. The zero-order chi connectivity index (χ0) is 10.0. The van der Waals surface area contributed by atoms with Gasteiger partial charge in [0.05, 0.1) is 5.56 Å². The van der Waals surface area contributed by atoms with Gasteiger partial charge in [-0.1, -0.05) is 31.4 Å². The number of hydrogen-bond donors (Lipinski definition) is 0. The van der Waals surface area contributed by atoms with Crippen molar-refractivity contribution in [2.45, 2.75) is 19.8 Å². The van der Waals surface area contributed by atoms with E-state index >= 15 is 0 Å². The van der Waals surface area contributed by atoms with Crippen molar-refractivity contribution in [3.8, 4) is 12.3 Å². The Bertz CT molecular complexity index is 361. The van der Waals surface area contributed by atoms with Crippen LogP contribution in [0, 0.1) is 18.2 Å². The molecule has 0 bridgehead atoms. The van der Waals surface area contributed by atoms with Crippen molar-refractivity contribution in [1.29, 1.82) is 0 Å². The van der Waals surface area contributed by atoms with Crippen LogP contribution < -0.4 is 0 Å². The van der Waals surface area contributed by atoms with E-state index < -0.39 is 5.82 Å². The third kappa shape index (κ3) is 2.02. The van der Waals surface area contributed by atoms with Gasteiger partial charge in [-0.05, 0) is 23.6 Å². The Labute approximate surface area is 82.7 Å². The smallest absolute Gasteiger partial charge is 0.140 e. The summed E-state index contributed by atoms with van der Waals surface area (Å²) >= 11 is 5.84. The molecule has 0 nitrogen and oxygen atoms in total. The van der Waals surface area contributed by atoms with Gasteiger partial charge in [0.1, 0.15) is 5.82 Å². The van der Waals surface area contributed by atoms with E-state index in [-0.39, 0.29) is 11.5 Å². The van der Waals surface area contributed by atoms with Crippen molar-refractivity contribution in [2.24, 2.45) is 0 Å². The molecule has 0 heterocycles. The van der Waals surface area contributed by atoms with Crippen molar-refractivity contribution in [1.82, 2.24) is 0 Å². The van der Waals surface area contributed by atoms with E-state index in [1.54, 1.807) is 6.07 Å². The van der Waals surface area contributed by atoms with Gasteiger partial charge in [-0.2, -0.15) is 0 Å². The van der Waals surface area contributed by atoms with Crippen LogP contribution in [0.15, 0.2) is 12.1 Å². The van der Waals surface area contributed by atoms with Gasteiger partial charge in [0, 0.05) is 5.02 Å². The van der Waals surface area contributed by atoms with Crippen LogP contribution in [0.5, 0.6) is 0 Å². The minimum absolute atomic E-state index is 0.250. The van der Waals surface area contributed by atoms with Crippen LogP contribution in [0.3, 0.4) is 0 Å². The lowest BCUT2D eigenvalue weighted by Crippen LogP contribution is -1.93. The first-order valence-corrected chi connectivity index (χ1v) is 4.39. The van der Waals surface area contributed by atoms with E-state index in [2.05, 4.69) is 5.92 Å². The molecular weight excluding hydrogens is 187 g/mol.